The maximum Gasteiger partial charge on any atom is 0.234 e. The largest absolute Gasteiger partial charge is 0.351 e. The molecule has 106 valence electrons. The van der Waals surface area contributed by atoms with Crippen LogP contribution in [-0.4, -0.2) is 44.5 Å². The molecule has 1 aromatic carbocycles. The Hall–Kier alpha value is -1.10. The normalized spacial score (nSPS) is 10.7. The van der Waals surface area contributed by atoms with Gasteiger partial charge in [-0.3, -0.25) is 4.79 Å². The van der Waals surface area contributed by atoms with Gasteiger partial charge in [0.15, 0.2) is 0 Å². The van der Waals surface area contributed by atoms with Crippen molar-refractivity contribution in [1.29, 1.82) is 0 Å². The van der Waals surface area contributed by atoms with E-state index in [1.165, 1.54) is 0 Å². The van der Waals surface area contributed by atoms with E-state index in [9.17, 15) is 4.79 Å². The fourth-order valence-corrected chi connectivity index (χ4v) is 1.82. The highest BCUT2D eigenvalue weighted by Gasteiger charge is 2.03. The number of rotatable bonds is 8. The van der Waals surface area contributed by atoms with Crippen LogP contribution in [0.3, 0.4) is 0 Å². The van der Waals surface area contributed by atoms with Gasteiger partial charge in [-0.25, -0.2) is 0 Å². The molecule has 1 rings (SSSR count). The van der Waals surface area contributed by atoms with Gasteiger partial charge < -0.3 is 15.5 Å². The molecular weight excluding hydrogens is 262 g/mol. The average molecular weight is 284 g/mol. The number of nitrogens with one attached hydrogen (secondary N) is 2. The monoisotopic (exact) mass is 283 g/mol. The van der Waals surface area contributed by atoms with Crippen molar-refractivity contribution >= 4 is 17.5 Å². The summed E-state index contributed by atoms with van der Waals surface area (Å²) in [6.07, 6.45) is 1.03. The van der Waals surface area contributed by atoms with Gasteiger partial charge in [-0.2, -0.15) is 0 Å². The topological polar surface area (TPSA) is 44.4 Å². The number of hydrogen-bond donors (Lipinski definition) is 2. The molecule has 0 saturated heterocycles. The lowest BCUT2D eigenvalue weighted by molar-refractivity contribution is -0.120. The van der Waals surface area contributed by atoms with Gasteiger partial charge in [0.2, 0.25) is 5.91 Å². The minimum absolute atomic E-state index is 0.00947. The maximum absolute atomic E-state index is 11.6. The van der Waals surface area contributed by atoms with E-state index in [0.717, 1.165) is 25.1 Å². The van der Waals surface area contributed by atoms with Crippen LogP contribution in [-0.2, 0) is 11.3 Å². The Kier molecular flexibility index (Phi) is 7.48. The first-order chi connectivity index (χ1) is 9.09. The summed E-state index contributed by atoms with van der Waals surface area (Å²) >= 11 is 6.01. The smallest absolute Gasteiger partial charge is 0.234 e. The van der Waals surface area contributed by atoms with Crippen molar-refractivity contribution in [2.45, 2.75) is 13.0 Å². The Bertz CT molecular complexity index is 396. The summed E-state index contributed by atoms with van der Waals surface area (Å²) in [6.45, 7) is 2.68. The third-order valence-electron chi connectivity index (χ3n) is 2.68. The first-order valence-corrected chi connectivity index (χ1v) is 6.83. The molecular formula is C14H22ClN3O. The molecule has 0 heterocycles. The van der Waals surface area contributed by atoms with Gasteiger partial charge in [0, 0.05) is 11.6 Å². The lowest BCUT2D eigenvalue weighted by Gasteiger charge is -2.10. The van der Waals surface area contributed by atoms with E-state index in [0.29, 0.717) is 18.1 Å². The molecule has 2 N–H and O–H groups in total. The summed E-state index contributed by atoms with van der Waals surface area (Å²) in [7, 11) is 4.08. The van der Waals surface area contributed by atoms with E-state index >= 15 is 0 Å². The minimum atomic E-state index is -0.00947. The van der Waals surface area contributed by atoms with E-state index in [4.69, 9.17) is 11.6 Å². The van der Waals surface area contributed by atoms with Crippen LogP contribution in [0.1, 0.15) is 12.0 Å². The van der Waals surface area contributed by atoms with Gasteiger partial charge in [0.1, 0.15) is 0 Å². The Labute approximate surface area is 120 Å². The molecule has 0 aromatic heterocycles. The molecule has 0 aliphatic rings. The third-order valence-corrected chi connectivity index (χ3v) is 3.05. The van der Waals surface area contributed by atoms with Crippen molar-refractivity contribution in [3.8, 4) is 0 Å². The predicted octanol–water partition coefficient (Wildman–Crippen LogP) is 1.50. The highest BCUT2D eigenvalue weighted by atomic mass is 35.5. The van der Waals surface area contributed by atoms with Crippen LogP contribution >= 0.6 is 11.6 Å². The van der Waals surface area contributed by atoms with Gasteiger partial charge >= 0.3 is 0 Å². The molecule has 0 spiro atoms. The maximum atomic E-state index is 11.6. The van der Waals surface area contributed by atoms with Crippen molar-refractivity contribution in [1.82, 2.24) is 15.5 Å². The van der Waals surface area contributed by atoms with Crippen molar-refractivity contribution in [3.63, 3.8) is 0 Å². The summed E-state index contributed by atoms with van der Waals surface area (Å²) in [6, 6.07) is 7.52. The van der Waals surface area contributed by atoms with Crippen molar-refractivity contribution in [2.24, 2.45) is 0 Å². The number of halogens is 1. The standard InChI is InChI=1S/C14H22ClN3O/c1-18(2)9-5-8-16-11-14(19)17-10-12-6-3-4-7-13(12)15/h3-4,6-7,16H,5,8-11H2,1-2H3,(H,17,19). The van der Waals surface area contributed by atoms with Crippen LogP contribution in [0.15, 0.2) is 24.3 Å². The van der Waals surface area contributed by atoms with Crippen LogP contribution in [0.25, 0.3) is 0 Å². The van der Waals surface area contributed by atoms with Gasteiger partial charge in [-0.1, -0.05) is 29.8 Å². The molecule has 1 amide bonds. The molecule has 0 aliphatic carbocycles. The molecule has 4 nitrogen and oxygen atoms in total. The van der Waals surface area contributed by atoms with Crippen molar-refractivity contribution < 1.29 is 4.79 Å². The molecule has 0 bridgehead atoms. The second-order valence-electron chi connectivity index (χ2n) is 4.70. The van der Waals surface area contributed by atoms with Crippen LogP contribution in [0.4, 0.5) is 0 Å². The van der Waals surface area contributed by atoms with E-state index in [-0.39, 0.29) is 5.91 Å². The Morgan fingerprint density at radius 2 is 2.05 bits per heavy atom. The second kappa shape index (κ2) is 8.91. The van der Waals surface area contributed by atoms with E-state index in [1.807, 2.05) is 38.4 Å². The summed E-state index contributed by atoms with van der Waals surface area (Å²) in [5, 5.41) is 6.65. The number of hydrogen-bond acceptors (Lipinski definition) is 3. The first-order valence-electron chi connectivity index (χ1n) is 6.45. The van der Waals surface area contributed by atoms with Crippen LogP contribution in [0.2, 0.25) is 5.02 Å². The SMILES string of the molecule is CN(C)CCCNCC(=O)NCc1ccccc1Cl. The molecule has 5 heteroatoms. The van der Waals surface area contributed by atoms with Gasteiger partial charge in [-0.05, 0) is 45.2 Å². The summed E-state index contributed by atoms with van der Waals surface area (Å²) in [5.74, 6) is -0.00947. The van der Waals surface area contributed by atoms with Gasteiger partial charge in [0.05, 0.1) is 6.54 Å². The molecule has 1 aromatic rings. The number of amides is 1. The van der Waals surface area contributed by atoms with Crippen molar-refractivity contribution in [2.75, 3.05) is 33.7 Å². The van der Waals surface area contributed by atoms with Gasteiger partial charge in [0.25, 0.3) is 0 Å². The minimum Gasteiger partial charge on any atom is -0.351 e. The molecule has 0 unspecified atom stereocenters. The fourth-order valence-electron chi connectivity index (χ4n) is 1.62. The van der Waals surface area contributed by atoms with Crippen LogP contribution in [0, 0.1) is 0 Å². The predicted molar refractivity (Wildman–Crippen MR) is 79.3 cm³/mol. The fraction of sp³-hybridized carbons (Fsp3) is 0.500. The van der Waals surface area contributed by atoms with E-state index in [1.54, 1.807) is 0 Å². The van der Waals surface area contributed by atoms with Gasteiger partial charge in [-0.15, -0.1) is 0 Å². The van der Waals surface area contributed by atoms with E-state index in [2.05, 4.69) is 15.5 Å². The number of benzene rings is 1. The third kappa shape index (κ3) is 7.15. The Balaban J connectivity index is 2.13. The van der Waals surface area contributed by atoms with Crippen LogP contribution in [0.5, 0.6) is 0 Å². The zero-order valence-electron chi connectivity index (χ0n) is 11.6. The van der Waals surface area contributed by atoms with Crippen molar-refractivity contribution in [3.05, 3.63) is 34.9 Å². The first kappa shape index (κ1) is 16.0. The molecule has 0 aliphatic heterocycles. The summed E-state index contributed by atoms with van der Waals surface area (Å²) in [5.41, 5.74) is 0.935. The molecule has 0 atom stereocenters. The Morgan fingerprint density at radius 3 is 2.74 bits per heavy atom. The molecule has 0 radical (unpaired) electrons. The lowest BCUT2D eigenvalue weighted by atomic mass is 10.2. The highest BCUT2D eigenvalue weighted by Crippen LogP contribution is 2.13. The molecule has 19 heavy (non-hydrogen) atoms. The molecule has 0 fully saturated rings. The zero-order valence-corrected chi connectivity index (χ0v) is 12.3. The highest BCUT2D eigenvalue weighted by molar-refractivity contribution is 6.31. The summed E-state index contributed by atoms with van der Waals surface area (Å²) in [4.78, 5) is 13.7. The van der Waals surface area contributed by atoms with E-state index < -0.39 is 0 Å². The zero-order chi connectivity index (χ0) is 14.1. The summed E-state index contributed by atoms with van der Waals surface area (Å²) < 4.78 is 0. The number of carbonyl (C=O) groups is 1. The number of nitrogens with zero attached hydrogens (tertiary/aromatic N) is 1. The second-order valence-corrected chi connectivity index (χ2v) is 5.11. The quantitative estimate of drug-likeness (QED) is 0.711. The Morgan fingerprint density at radius 1 is 1.32 bits per heavy atom. The number of carbonyl (C=O) groups excluding carboxylic acids is 1. The van der Waals surface area contributed by atoms with Crippen LogP contribution < -0.4 is 10.6 Å². The molecule has 0 saturated carbocycles. The lowest BCUT2D eigenvalue weighted by Crippen LogP contribution is -2.34. The average Bonchev–Trinajstić information content (AvgIpc) is 2.37.